The quantitative estimate of drug-likeness (QED) is 0.686. The molecule has 0 bridgehead atoms. The lowest BCUT2D eigenvalue weighted by Gasteiger charge is -2.33. The molecule has 1 fully saturated rings. The molecule has 5 heteroatoms. The van der Waals surface area contributed by atoms with Gasteiger partial charge >= 0.3 is 0 Å². The average Bonchev–Trinajstić information content (AvgIpc) is 2.36. The molecule has 0 radical (unpaired) electrons. The molecule has 0 aromatic heterocycles. The van der Waals surface area contributed by atoms with Crippen molar-refractivity contribution in [3.8, 4) is 0 Å². The lowest BCUT2D eigenvalue weighted by molar-refractivity contribution is -0.135. The molecule has 1 aliphatic rings. The van der Waals surface area contributed by atoms with Crippen molar-refractivity contribution in [2.24, 2.45) is 11.3 Å². The Labute approximate surface area is 115 Å². The summed E-state index contributed by atoms with van der Waals surface area (Å²) in [6.45, 7) is 10.1. The SMILES string of the molecule is CC(C)CNC(=O)C(C)NC(=O)C1(C)CCNCC1. The molecule has 1 aliphatic heterocycles. The highest BCUT2D eigenvalue weighted by Crippen LogP contribution is 2.28. The van der Waals surface area contributed by atoms with Crippen LogP contribution >= 0.6 is 0 Å². The molecule has 0 aromatic carbocycles. The smallest absolute Gasteiger partial charge is 0.242 e. The molecule has 110 valence electrons. The number of rotatable bonds is 5. The van der Waals surface area contributed by atoms with E-state index in [4.69, 9.17) is 0 Å². The van der Waals surface area contributed by atoms with Gasteiger partial charge in [-0.15, -0.1) is 0 Å². The molecule has 1 atom stereocenters. The van der Waals surface area contributed by atoms with Crippen LogP contribution in [0.3, 0.4) is 0 Å². The summed E-state index contributed by atoms with van der Waals surface area (Å²) in [5.41, 5.74) is -0.349. The predicted molar refractivity (Wildman–Crippen MR) is 75.7 cm³/mol. The lowest BCUT2D eigenvalue weighted by Crippen LogP contribution is -2.52. The van der Waals surface area contributed by atoms with Crippen molar-refractivity contribution < 1.29 is 9.59 Å². The van der Waals surface area contributed by atoms with E-state index in [2.05, 4.69) is 16.0 Å². The Morgan fingerprint density at radius 3 is 2.32 bits per heavy atom. The highest BCUT2D eigenvalue weighted by molar-refractivity contribution is 5.89. The van der Waals surface area contributed by atoms with Crippen LogP contribution in [0.1, 0.15) is 40.5 Å². The second kappa shape index (κ2) is 6.89. The maximum absolute atomic E-state index is 12.3. The molecule has 0 aromatic rings. The lowest BCUT2D eigenvalue weighted by atomic mass is 9.80. The molecule has 5 nitrogen and oxygen atoms in total. The number of hydrogen-bond donors (Lipinski definition) is 3. The summed E-state index contributed by atoms with van der Waals surface area (Å²) in [5.74, 6) is 0.287. The molecule has 1 saturated heterocycles. The van der Waals surface area contributed by atoms with Crippen molar-refractivity contribution >= 4 is 11.8 Å². The average molecular weight is 269 g/mol. The third-order valence-corrected chi connectivity index (χ3v) is 3.68. The van der Waals surface area contributed by atoms with Gasteiger partial charge in [-0.2, -0.15) is 0 Å². The van der Waals surface area contributed by atoms with Crippen LogP contribution in [0.25, 0.3) is 0 Å². The Morgan fingerprint density at radius 2 is 1.79 bits per heavy atom. The summed E-state index contributed by atoms with van der Waals surface area (Å²) < 4.78 is 0. The second-order valence-corrected chi connectivity index (χ2v) is 6.14. The fourth-order valence-corrected chi connectivity index (χ4v) is 2.10. The van der Waals surface area contributed by atoms with Gasteiger partial charge in [0.15, 0.2) is 0 Å². The largest absolute Gasteiger partial charge is 0.354 e. The molecule has 1 heterocycles. The summed E-state index contributed by atoms with van der Waals surface area (Å²) in [6, 6.07) is -0.474. The van der Waals surface area contributed by atoms with E-state index in [-0.39, 0.29) is 17.2 Å². The Kier molecular flexibility index (Phi) is 5.79. The number of amides is 2. The third kappa shape index (κ3) is 4.82. The van der Waals surface area contributed by atoms with Crippen LogP contribution in [0.15, 0.2) is 0 Å². The zero-order valence-corrected chi connectivity index (χ0v) is 12.5. The van der Waals surface area contributed by atoms with Crippen molar-refractivity contribution in [1.29, 1.82) is 0 Å². The van der Waals surface area contributed by atoms with E-state index in [1.165, 1.54) is 0 Å². The minimum absolute atomic E-state index is 0.0128. The Morgan fingerprint density at radius 1 is 1.21 bits per heavy atom. The number of hydrogen-bond acceptors (Lipinski definition) is 3. The predicted octanol–water partition coefficient (Wildman–Crippen LogP) is 0.653. The van der Waals surface area contributed by atoms with E-state index in [9.17, 15) is 9.59 Å². The molecule has 1 rings (SSSR count). The maximum Gasteiger partial charge on any atom is 0.242 e. The normalized spacial score (nSPS) is 19.8. The number of carbonyl (C=O) groups is 2. The first-order valence-corrected chi connectivity index (χ1v) is 7.14. The zero-order valence-electron chi connectivity index (χ0n) is 12.5. The monoisotopic (exact) mass is 269 g/mol. The van der Waals surface area contributed by atoms with Crippen LogP contribution in [0.5, 0.6) is 0 Å². The summed E-state index contributed by atoms with van der Waals surface area (Å²) >= 11 is 0. The van der Waals surface area contributed by atoms with Gasteiger partial charge in [0.05, 0.1) is 0 Å². The fraction of sp³-hybridized carbons (Fsp3) is 0.857. The maximum atomic E-state index is 12.3. The van der Waals surface area contributed by atoms with Crippen LogP contribution in [0.2, 0.25) is 0 Å². The van der Waals surface area contributed by atoms with Crippen molar-refractivity contribution in [2.45, 2.75) is 46.6 Å². The molecule has 0 spiro atoms. The molecule has 19 heavy (non-hydrogen) atoms. The van der Waals surface area contributed by atoms with Gasteiger partial charge in [0.25, 0.3) is 0 Å². The van der Waals surface area contributed by atoms with Gasteiger partial charge in [-0.1, -0.05) is 20.8 Å². The van der Waals surface area contributed by atoms with E-state index in [0.717, 1.165) is 25.9 Å². The van der Waals surface area contributed by atoms with Crippen LogP contribution in [0, 0.1) is 11.3 Å². The van der Waals surface area contributed by atoms with Gasteiger partial charge in [0.1, 0.15) is 6.04 Å². The minimum Gasteiger partial charge on any atom is -0.354 e. The number of carbonyl (C=O) groups excluding carboxylic acids is 2. The first kappa shape index (κ1) is 16.0. The standard InChI is InChI=1S/C14H27N3O2/c1-10(2)9-16-12(18)11(3)17-13(19)14(4)5-7-15-8-6-14/h10-11,15H,5-9H2,1-4H3,(H,16,18)(H,17,19). The first-order chi connectivity index (χ1) is 8.85. The Hall–Kier alpha value is -1.10. The van der Waals surface area contributed by atoms with Gasteiger partial charge < -0.3 is 16.0 Å². The van der Waals surface area contributed by atoms with Gasteiger partial charge in [-0.3, -0.25) is 9.59 Å². The molecule has 3 N–H and O–H groups in total. The van der Waals surface area contributed by atoms with Crippen LogP contribution in [0.4, 0.5) is 0 Å². The molecular formula is C14H27N3O2. The Bertz CT molecular complexity index is 323. The zero-order chi connectivity index (χ0) is 14.5. The van der Waals surface area contributed by atoms with Gasteiger partial charge in [0, 0.05) is 12.0 Å². The van der Waals surface area contributed by atoms with Crippen molar-refractivity contribution in [1.82, 2.24) is 16.0 Å². The van der Waals surface area contributed by atoms with E-state index in [1.54, 1.807) is 6.92 Å². The minimum atomic E-state index is -0.474. The van der Waals surface area contributed by atoms with Crippen molar-refractivity contribution in [3.63, 3.8) is 0 Å². The highest BCUT2D eigenvalue weighted by atomic mass is 16.2. The molecule has 0 saturated carbocycles. The third-order valence-electron chi connectivity index (χ3n) is 3.68. The fourth-order valence-electron chi connectivity index (χ4n) is 2.10. The second-order valence-electron chi connectivity index (χ2n) is 6.14. The summed E-state index contributed by atoms with van der Waals surface area (Å²) in [6.07, 6.45) is 1.64. The molecular weight excluding hydrogens is 242 g/mol. The van der Waals surface area contributed by atoms with E-state index < -0.39 is 6.04 Å². The van der Waals surface area contributed by atoms with E-state index in [1.807, 2.05) is 20.8 Å². The highest BCUT2D eigenvalue weighted by Gasteiger charge is 2.35. The number of nitrogens with one attached hydrogen (secondary N) is 3. The van der Waals surface area contributed by atoms with Gasteiger partial charge in [-0.25, -0.2) is 0 Å². The molecule has 2 amide bonds. The topological polar surface area (TPSA) is 70.2 Å². The van der Waals surface area contributed by atoms with Gasteiger partial charge in [0.2, 0.25) is 11.8 Å². The summed E-state index contributed by atoms with van der Waals surface area (Å²) in [5, 5.41) is 8.92. The van der Waals surface area contributed by atoms with E-state index >= 15 is 0 Å². The summed E-state index contributed by atoms with van der Waals surface area (Å²) in [4.78, 5) is 24.1. The van der Waals surface area contributed by atoms with Crippen molar-refractivity contribution in [3.05, 3.63) is 0 Å². The molecule has 0 aliphatic carbocycles. The Balaban J connectivity index is 2.44. The number of piperidine rings is 1. The first-order valence-electron chi connectivity index (χ1n) is 7.14. The van der Waals surface area contributed by atoms with Gasteiger partial charge in [-0.05, 0) is 38.8 Å². The van der Waals surface area contributed by atoms with Crippen LogP contribution in [-0.4, -0.2) is 37.5 Å². The summed E-state index contributed by atoms with van der Waals surface area (Å²) in [7, 11) is 0. The van der Waals surface area contributed by atoms with E-state index in [0.29, 0.717) is 12.5 Å². The van der Waals surface area contributed by atoms with Crippen LogP contribution in [-0.2, 0) is 9.59 Å². The van der Waals surface area contributed by atoms with Crippen LogP contribution < -0.4 is 16.0 Å². The van der Waals surface area contributed by atoms with Crippen molar-refractivity contribution in [2.75, 3.05) is 19.6 Å². The molecule has 1 unspecified atom stereocenters.